The second kappa shape index (κ2) is 17.1. The van der Waals surface area contributed by atoms with E-state index < -0.39 is 51.0 Å². The van der Waals surface area contributed by atoms with E-state index in [1.54, 1.807) is 20.8 Å². The Morgan fingerprint density at radius 2 is 1.40 bits per heavy atom. The van der Waals surface area contributed by atoms with Crippen molar-refractivity contribution in [2.24, 2.45) is 4.99 Å². The normalized spacial score (nSPS) is 13.6. The van der Waals surface area contributed by atoms with Crippen molar-refractivity contribution in [3.05, 3.63) is 72.9 Å². The number of halogens is 6. The predicted octanol–water partition coefficient (Wildman–Crippen LogP) is 6.79. The molecule has 1 aliphatic carbocycles. The van der Waals surface area contributed by atoms with Crippen molar-refractivity contribution in [3.8, 4) is 0 Å². The van der Waals surface area contributed by atoms with Gasteiger partial charge >= 0.3 is 11.9 Å². The number of ketones is 1. The van der Waals surface area contributed by atoms with Crippen LogP contribution in [0.3, 0.4) is 0 Å². The van der Waals surface area contributed by atoms with Gasteiger partial charge in [-0.3, -0.25) is 9.79 Å². The molecule has 16 heteroatoms. The van der Waals surface area contributed by atoms with Crippen molar-refractivity contribution >= 4 is 76.1 Å². The Labute approximate surface area is 265 Å². The van der Waals surface area contributed by atoms with E-state index in [0.717, 1.165) is 31.2 Å². The summed E-state index contributed by atoms with van der Waals surface area (Å²) in [5, 5.41) is 8.81. The van der Waals surface area contributed by atoms with Crippen molar-refractivity contribution in [2.45, 2.75) is 39.7 Å². The fourth-order valence-electron chi connectivity index (χ4n) is 2.90. The molecular formula is C27H25Cl4F2N3O7. The molecule has 1 aliphatic rings. The van der Waals surface area contributed by atoms with Gasteiger partial charge in [-0.1, -0.05) is 46.4 Å². The van der Waals surface area contributed by atoms with Crippen LogP contribution >= 0.6 is 46.4 Å². The first kappa shape index (κ1) is 35.9. The minimum absolute atomic E-state index is 0.0660. The SMILES string of the molecule is CCOC(=O)C(C=NC1CC1)=C(O)c1cc(F)c(Cl)nc1Cl.CCOC=C(C(=O)OCC)C(=O)c1cc(F)c(Cl)nc1Cl. The molecule has 2 heterocycles. The highest BCUT2D eigenvalue weighted by Gasteiger charge is 2.26. The molecule has 0 aromatic carbocycles. The molecule has 0 radical (unpaired) electrons. The molecule has 232 valence electrons. The Bertz CT molecular complexity index is 1460. The number of nitrogens with zero attached hydrogens (tertiary/aromatic N) is 3. The number of ether oxygens (including phenoxy) is 3. The van der Waals surface area contributed by atoms with Gasteiger partial charge in [0.15, 0.2) is 21.9 Å². The number of aliphatic hydroxyl groups is 1. The van der Waals surface area contributed by atoms with E-state index in [1.807, 2.05) is 0 Å². The molecule has 10 nitrogen and oxygen atoms in total. The quantitative estimate of drug-likeness (QED) is 0.0397. The number of esters is 2. The Morgan fingerprint density at radius 1 is 0.884 bits per heavy atom. The Hall–Kier alpha value is -3.32. The molecule has 1 saturated carbocycles. The van der Waals surface area contributed by atoms with Crippen molar-refractivity contribution in [2.75, 3.05) is 19.8 Å². The molecule has 1 N–H and O–H groups in total. The maximum absolute atomic E-state index is 13.5. The van der Waals surface area contributed by atoms with E-state index in [9.17, 15) is 28.3 Å². The molecule has 0 amide bonds. The third-order valence-corrected chi connectivity index (χ3v) is 6.20. The van der Waals surface area contributed by atoms with Gasteiger partial charge in [0.2, 0.25) is 5.78 Å². The van der Waals surface area contributed by atoms with Gasteiger partial charge in [-0.2, -0.15) is 0 Å². The van der Waals surface area contributed by atoms with Crippen LogP contribution in [0.1, 0.15) is 49.5 Å². The second-order valence-corrected chi connectivity index (χ2v) is 9.66. The maximum Gasteiger partial charge on any atom is 0.345 e. The van der Waals surface area contributed by atoms with Gasteiger partial charge in [0, 0.05) is 6.21 Å². The summed E-state index contributed by atoms with van der Waals surface area (Å²) in [7, 11) is 0. The molecule has 0 spiro atoms. The maximum atomic E-state index is 13.5. The fourth-order valence-corrected chi connectivity index (χ4v) is 3.72. The van der Waals surface area contributed by atoms with Crippen LogP contribution in [-0.2, 0) is 23.8 Å². The lowest BCUT2D eigenvalue weighted by molar-refractivity contribution is -0.139. The van der Waals surface area contributed by atoms with Gasteiger partial charge < -0.3 is 19.3 Å². The Balaban J connectivity index is 0.000000301. The van der Waals surface area contributed by atoms with E-state index in [4.69, 9.17) is 60.6 Å². The number of hydrogen-bond acceptors (Lipinski definition) is 10. The van der Waals surface area contributed by atoms with Crippen molar-refractivity contribution in [1.29, 1.82) is 0 Å². The largest absolute Gasteiger partial charge is 0.506 e. The first-order valence-electron chi connectivity index (χ1n) is 12.6. The van der Waals surface area contributed by atoms with Crippen LogP contribution in [0.4, 0.5) is 8.78 Å². The number of aliphatic hydroxyl groups excluding tert-OH is 1. The zero-order valence-corrected chi connectivity index (χ0v) is 26.0. The summed E-state index contributed by atoms with van der Waals surface area (Å²) < 4.78 is 41.5. The number of carbonyl (C=O) groups excluding carboxylic acids is 3. The molecule has 0 atom stereocenters. The molecular weight excluding hydrogens is 658 g/mol. The summed E-state index contributed by atoms with van der Waals surface area (Å²) in [4.78, 5) is 47.1. The smallest absolute Gasteiger partial charge is 0.345 e. The van der Waals surface area contributed by atoms with Crippen LogP contribution in [0.5, 0.6) is 0 Å². The molecule has 0 saturated heterocycles. The van der Waals surface area contributed by atoms with E-state index in [-0.39, 0.29) is 52.9 Å². The van der Waals surface area contributed by atoms with Gasteiger partial charge in [-0.05, 0) is 45.7 Å². The predicted molar refractivity (Wildman–Crippen MR) is 157 cm³/mol. The number of carbonyl (C=O) groups is 3. The molecule has 1 fully saturated rings. The van der Waals surface area contributed by atoms with Crippen LogP contribution in [0.25, 0.3) is 5.76 Å². The standard InChI is InChI=1S/C14H13Cl2FN2O3.C13H12Cl2FNO4/c1-2-22-14(21)9(6-18-7-3-4-7)11(20)8-5-10(17)13(16)19-12(8)15;1-3-20-6-8(13(19)21-4-2)10(18)7-5-9(16)12(15)17-11(7)14/h5-7,20H,2-4H2,1H3;5-6H,3-4H2,1-2H3. The number of aromatic nitrogens is 2. The average Bonchev–Trinajstić information content (AvgIpc) is 3.78. The highest BCUT2D eigenvalue weighted by Crippen LogP contribution is 2.28. The molecule has 2 aromatic heterocycles. The van der Waals surface area contributed by atoms with E-state index in [2.05, 4.69) is 15.0 Å². The van der Waals surface area contributed by atoms with Crippen molar-refractivity contribution in [1.82, 2.24) is 9.97 Å². The molecule has 2 aromatic rings. The van der Waals surface area contributed by atoms with Crippen LogP contribution in [0, 0.1) is 11.6 Å². The first-order valence-corrected chi connectivity index (χ1v) is 14.1. The lowest BCUT2D eigenvalue weighted by Gasteiger charge is -2.08. The van der Waals surface area contributed by atoms with Gasteiger partial charge in [0.1, 0.15) is 33.5 Å². The van der Waals surface area contributed by atoms with E-state index in [0.29, 0.717) is 0 Å². The second-order valence-electron chi connectivity index (χ2n) is 8.23. The average molecular weight is 683 g/mol. The Morgan fingerprint density at radius 3 is 1.91 bits per heavy atom. The van der Waals surface area contributed by atoms with Gasteiger partial charge in [-0.15, -0.1) is 0 Å². The Kier molecular flexibility index (Phi) is 14.3. The highest BCUT2D eigenvalue weighted by molar-refractivity contribution is 6.37. The molecule has 0 unspecified atom stereocenters. The van der Waals surface area contributed by atoms with Gasteiger partial charge in [-0.25, -0.2) is 28.3 Å². The first-order chi connectivity index (χ1) is 20.4. The minimum Gasteiger partial charge on any atom is -0.506 e. The number of pyridine rings is 2. The van der Waals surface area contributed by atoms with E-state index in [1.165, 1.54) is 6.21 Å². The van der Waals surface area contributed by atoms with Crippen molar-refractivity contribution in [3.63, 3.8) is 0 Å². The summed E-state index contributed by atoms with van der Waals surface area (Å²) in [5.74, 6) is -4.90. The molecule has 43 heavy (non-hydrogen) atoms. The number of aliphatic imine (C=N–C) groups is 1. The third kappa shape index (κ3) is 10.4. The zero-order chi connectivity index (χ0) is 32.3. The number of rotatable bonds is 11. The minimum atomic E-state index is -0.927. The van der Waals surface area contributed by atoms with E-state index >= 15 is 0 Å². The lowest BCUT2D eigenvalue weighted by atomic mass is 10.1. The lowest BCUT2D eigenvalue weighted by Crippen LogP contribution is -2.17. The van der Waals surface area contributed by atoms with Gasteiger partial charge in [0.05, 0.1) is 37.0 Å². The van der Waals surface area contributed by atoms with Crippen LogP contribution in [0.2, 0.25) is 20.6 Å². The van der Waals surface area contributed by atoms with Crippen LogP contribution in [-0.4, -0.2) is 64.9 Å². The summed E-state index contributed by atoms with van der Waals surface area (Å²) in [5.41, 5.74) is -1.09. The third-order valence-electron chi connectivity index (χ3n) is 5.09. The van der Waals surface area contributed by atoms with Crippen LogP contribution < -0.4 is 0 Å². The fraction of sp³-hybridized carbons (Fsp3) is 0.333. The number of Topliss-reactive ketones (excluding diaryl/α,β-unsaturated/α-hetero) is 1. The topological polar surface area (TPSA) is 137 Å². The summed E-state index contributed by atoms with van der Waals surface area (Å²) in [6, 6.07) is 1.84. The molecule has 3 rings (SSSR count). The number of hydrogen-bond donors (Lipinski definition) is 1. The van der Waals surface area contributed by atoms with Crippen LogP contribution in [0.15, 0.2) is 34.5 Å². The van der Waals surface area contributed by atoms with Crippen molar-refractivity contribution < 1.29 is 42.5 Å². The zero-order valence-electron chi connectivity index (χ0n) is 22.9. The summed E-state index contributed by atoms with van der Waals surface area (Å²) >= 11 is 22.6. The summed E-state index contributed by atoms with van der Waals surface area (Å²) in [6.07, 6.45) is 4.01. The van der Waals surface area contributed by atoms with Gasteiger partial charge in [0.25, 0.3) is 0 Å². The monoisotopic (exact) mass is 681 g/mol. The highest BCUT2D eigenvalue weighted by atomic mass is 35.5. The summed E-state index contributed by atoms with van der Waals surface area (Å²) in [6.45, 7) is 5.29. The molecule has 0 bridgehead atoms. The molecule has 0 aliphatic heterocycles.